The number of ether oxygens (including phenoxy) is 1. The standard InChI is InChI=1S/C15H18BrN3O/c1-15(3-6-20-7-4-15)10-19-12-2-5-17-13-8-11(16)9-18-14(12)13/h2,5,8-9H,3-4,6-7,10H2,1H3,(H,17,19). The number of hydrogen-bond acceptors (Lipinski definition) is 4. The minimum absolute atomic E-state index is 0.295. The zero-order chi connectivity index (χ0) is 14.0. The van der Waals surface area contributed by atoms with Crippen LogP contribution in [0.1, 0.15) is 19.8 Å². The Kier molecular flexibility index (Phi) is 3.89. The van der Waals surface area contributed by atoms with E-state index < -0.39 is 0 Å². The minimum atomic E-state index is 0.295. The molecule has 0 aromatic carbocycles. The van der Waals surface area contributed by atoms with Crippen molar-refractivity contribution in [3.8, 4) is 0 Å². The second kappa shape index (κ2) is 5.66. The van der Waals surface area contributed by atoms with Crippen LogP contribution in [0.3, 0.4) is 0 Å². The Bertz CT molecular complexity index is 611. The highest BCUT2D eigenvalue weighted by Crippen LogP contribution is 2.31. The first-order chi connectivity index (χ1) is 9.66. The van der Waals surface area contributed by atoms with Gasteiger partial charge in [-0.15, -0.1) is 0 Å². The van der Waals surface area contributed by atoms with E-state index in [-0.39, 0.29) is 0 Å². The fourth-order valence-corrected chi connectivity index (χ4v) is 2.82. The zero-order valence-electron chi connectivity index (χ0n) is 11.5. The molecular formula is C15H18BrN3O. The normalized spacial score (nSPS) is 18.1. The van der Waals surface area contributed by atoms with Crippen molar-refractivity contribution >= 4 is 32.7 Å². The van der Waals surface area contributed by atoms with Gasteiger partial charge < -0.3 is 10.1 Å². The minimum Gasteiger partial charge on any atom is -0.383 e. The second-order valence-corrected chi connectivity index (χ2v) is 6.57. The molecule has 1 aliphatic rings. The lowest BCUT2D eigenvalue weighted by Gasteiger charge is -2.34. The monoisotopic (exact) mass is 335 g/mol. The van der Waals surface area contributed by atoms with E-state index in [0.717, 1.165) is 53.8 Å². The molecule has 0 bridgehead atoms. The maximum absolute atomic E-state index is 5.45. The summed E-state index contributed by atoms with van der Waals surface area (Å²) in [6.07, 6.45) is 5.83. The lowest BCUT2D eigenvalue weighted by atomic mass is 9.82. The van der Waals surface area contributed by atoms with Gasteiger partial charge in [0.25, 0.3) is 0 Å². The van der Waals surface area contributed by atoms with Crippen molar-refractivity contribution in [2.45, 2.75) is 19.8 Å². The van der Waals surface area contributed by atoms with Crippen molar-refractivity contribution in [2.24, 2.45) is 5.41 Å². The van der Waals surface area contributed by atoms with Gasteiger partial charge in [0.15, 0.2) is 0 Å². The highest BCUT2D eigenvalue weighted by molar-refractivity contribution is 9.10. The summed E-state index contributed by atoms with van der Waals surface area (Å²) in [6.45, 7) is 4.98. The molecule has 4 nitrogen and oxygen atoms in total. The topological polar surface area (TPSA) is 47.0 Å². The van der Waals surface area contributed by atoms with E-state index in [4.69, 9.17) is 4.74 Å². The largest absolute Gasteiger partial charge is 0.383 e. The van der Waals surface area contributed by atoms with Crippen LogP contribution in [0.25, 0.3) is 11.0 Å². The Morgan fingerprint density at radius 3 is 2.95 bits per heavy atom. The maximum Gasteiger partial charge on any atom is 0.112 e. The van der Waals surface area contributed by atoms with Crippen LogP contribution in [0.2, 0.25) is 0 Å². The van der Waals surface area contributed by atoms with E-state index in [1.165, 1.54) is 0 Å². The highest BCUT2D eigenvalue weighted by atomic mass is 79.9. The Morgan fingerprint density at radius 1 is 1.35 bits per heavy atom. The van der Waals surface area contributed by atoms with Crippen molar-refractivity contribution in [3.63, 3.8) is 0 Å². The summed E-state index contributed by atoms with van der Waals surface area (Å²) in [6, 6.07) is 3.98. The summed E-state index contributed by atoms with van der Waals surface area (Å²) in [5.41, 5.74) is 3.17. The number of pyridine rings is 2. The van der Waals surface area contributed by atoms with E-state index in [9.17, 15) is 0 Å². The predicted molar refractivity (Wildman–Crippen MR) is 83.9 cm³/mol. The second-order valence-electron chi connectivity index (χ2n) is 5.66. The molecule has 0 aliphatic carbocycles. The molecule has 3 heterocycles. The van der Waals surface area contributed by atoms with E-state index >= 15 is 0 Å². The quantitative estimate of drug-likeness (QED) is 0.930. The van der Waals surface area contributed by atoms with Crippen LogP contribution in [0, 0.1) is 5.41 Å². The molecule has 0 amide bonds. The molecule has 2 aromatic rings. The first-order valence-corrected chi connectivity index (χ1v) is 7.68. The van der Waals surface area contributed by atoms with E-state index in [2.05, 4.69) is 38.1 Å². The van der Waals surface area contributed by atoms with Gasteiger partial charge in [0.2, 0.25) is 0 Å². The summed E-state index contributed by atoms with van der Waals surface area (Å²) in [7, 11) is 0. The van der Waals surface area contributed by atoms with E-state index in [1.54, 1.807) is 0 Å². The fourth-order valence-electron chi connectivity index (χ4n) is 2.50. The Hall–Kier alpha value is -1.20. The highest BCUT2D eigenvalue weighted by Gasteiger charge is 2.27. The number of halogens is 1. The molecule has 1 N–H and O–H groups in total. The van der Waals surface area contributed by atoms with E-state index in [0.29, 0.717) is 5.41 Å². The van der Waals surface area contributed by atoms with Gasteiger partial charge in [0.1, 0.15) is 5.52 Å². The maximum atomic E-state index is 5.45. The van der Waals surface area contributed by atoms with Gasteiger partial charge >= 0.3 is 0 Å². The molecule has 3 rings (SSSR count). The summed E-state index contributed by atoms with van der Waals surface area (Å²) in [5.74, 6) is 0. The van der Waals surface area contributed by atoms with Gasteiger partial charge in [-0.25, -0.2) is 0 Å². The Balaban J connectivity index is 1.80. The van der Waals surface area contributed by atoms with Crippen LogP contribution >= 0.6 is 15.9 Å². The number of nitrogens with one attached hydrogen (secondary N) is 1. The van der Waals surface area contributed by atoms with Crippen LogP contribution in [0.4, 0.5) is 5.69 Å². The van der Waals surface area contributed by atoms with Gasteiger partial charge in [0.05, 0.1) is 11.2 Å². The molecule has 1 fully saturated rings. The average molecular weight is 336 g/mol. The number of rotatable bonds is 3. The molecule has 2 aromatic heterocycles. The molecule has 1 saturated heterocycles. The summed E-state index contributed by atoms with van der Waals surface area (Å²) in [4.78, 5) is 8.83. The number of fused-ring (bicyclic) bond motifs is 1. The third kappa shape index (κ3) is 2.94. The molecule has 0 spiro atoms. The molecule has 0 saturated carbocycles. The summed E-state index contributed by atoms with van der Waals surface area (Å²) in [5, 5.41) is 3.54. The first-order valence-electron chi connectivity index (χ1n) is 6.88. The van der Waals surface area contributed by atoms with Crippen LogP contribution in [-0.2, 0) is 4.74 Å². The van der Waals surface area contributed by atoms with Gasteiger partial charge in [-0.3, -0.25) is 9.97 Å². The van der Waals surface area contributed by atoms with Crippen molar-refractivity contribution in [1.29, 1.82) is 0 Å². The Morgan fingerprint density at radius 2 is 2.15 bits per heavy atom. The van der Waals surface area contributed by atoms with Crippen LogP contribution in [-0.4, -0.2) is 29.7 Å². The van der Waals surface area contributed by atoms with Gasteiger partial charge in [-0.2, -0.15) is 0 Å². The molecule has 0 unspecified atom stereocenters. The summed E-state index contributed by atoms with van der Waals surface area (Å²) < 4.78 is 6.40. The third-order valence-electron chi connectivity index (χ3n) is 3.95. The molecule has 0 atom stereocenters. The van der Waals surface area contributed by atoms with Gasteiger partial charge in [-0.05, 0) is 46.3 Å². The predicted octanol–water partition coefficient (Wildman–Crippen LogP) is 3.62. The van der Waals surface area contributed by atoms with Crippen LogP contribution in [0.5, 0.6) is 0 Å². The molecular weight excluding hydrogens is 318 g/mol. The number of aromatic nitrogens is 2. The molecule has 1 aliphatic heterocycles. The van der Waals surface area contributed by atoms with Crippen LogP contribution < -0.4 is 5.32 Å². The van der Waals surface area contributed by atoms with Crippen molar-refractivity contribution in [2.75, 3.05) is 25.1 Å². The molecule has 5 heteroatoms. The number of anilines is 1. The lowest BCUT2D eigenvalue weighted by Crippen LogP contribution is -2.33. The lowest BCUT2D eigenvalue weighted by molar-refractivity contribution is 0.0300. The van der Waals surface area contributed by atoms with Crippen molar-refractivity contribution in [3.05, 3.63) is 29.0 Å². The SMILES string of the molecule is CC1(CNc2ccnc3cc(Br)cnc23)CCOCC1. The number of nitrogens with zero attached hydrogens (tertiary/aromatic N) is 2. The molecule has 0 radical (unpaired) electrons. The zero-order valence-corrected chi connectivity index (χ0v) is 13.1. The average Bonchev–Trinajstić information content (AvgIpc) is 2.45. The summed E-state index contributed by atoms with van der Waals surface area (Å²) >= 11 is 3.43. The van der Waals surface area contributed by atoms with Gasteiger partial charge in [-0.1, -0.05) is 6.92 Å². The van der Waals surface area contributed by atoms with Crippen molar-refractivity contribution < 1.29 is 4.74 Å². The Labute approximate surface area is 127 Å². The number of hydrogen-bond donors (Lipinski definition) is 1. The molecule has 20 heavy (non-hydrogen) atoms. The fraction of sp³-hybridized carbons (Fsp3) is 0.467. The smallest absolute Gasteiger partial charge is 0.112 e. The molecule has 106 valence electrons. The van der Waals surface area contributed by atoms with Crippen LogP contribution in [0.15, 0.2) is 29.0 Å². The third-order valence-corrected chi connectivity index (χ3v) is 4.38. The van der Waals surface area contributed by atoms with Crippen molar-refractivity contribution in [1.82, 2.24) is 9.97 Å². The van der Waals surface area contributed by atoms with Gasteiger partial charge in [0, 0.05) is 36.6 Å². The van der Waals surface area contributed by atoms with E-state index in [1.807, 2.05) is 24.5 Å². The first kappa shape index (κ1) is 13.8.